The van der Waals surface area contributed by atoms with E-state index in [4.69, 9.17) is 15.5 Å². The van der Waals surface area contributed by atoms with Gasteiger partial charge in [-0.25, -0.2) is 9.98 Å². The first-order valence-corrected chi connectivity index (χ1v) is 10.3. The number of ether oxygens (including phenoxy) is 1. The van der Waals surface area contributed by atoms with Gasteiger partial charge < -0.3 is 20.3 Å². The average Bonchev–Trinajstić information content (AvgIpc) is 3.16. The molecule has 2 aromatic carbocycles. The highest BCUT2D eigenvalue weighted by molar-refractivity contribution is 6.15. The third-order valence-corrected chi connectivity index (χ3v) is 5.87. The van der Waals surface area contributed by atoms with Gasteiger partial charge in [0.05, 0.1) is 47.2 Å². The minimum atomic E-state index is 0.261. The summed E-state index contributed by atoms with van der Waals surface area (Å²) in [5.74, 6) is 1.89. The summed E-state index contributed by atoms with van der Waals surface area (Å²) in [6, 6.07) is 14.3. The first kappa shape index (κ1) is 18.0. The number of nitrogens with zero attached hydrogens (tertiary/aromatic N) is 5. The Labute approximate surface area is 179 Å². The molecule has 0 unspecified atom stereocenters. The normalized spacial score (nSPS) is 16.6. The van der Waals surface area contributed by atoms with E-state index in [0.717, 1.165) is 64.3 Å². The van der Waals surface area contributed by atoms with E-state index < -0.39 is 0 Å². The van der Waals surface area contributed by atoms with Crippen LogP contribution in [0.2, 0.25) is 0 Å². The van der Waals surface area contributed by atoms with Crippen molar-refractivity contribution in [1.29, 1.82) is 0 Å². The lowest BCUT2D eigenvalue weighted by Crippen LogP contribution is -2.36. The van der Waals surface area contributed by atoms with Crippen LogP contribution in [0.3, 0.4) is 0 Å². The Morgan fingerprint density at radius 1 is 1.00 bits per heavy atom. The van der Waals surface area contributed by atoms with E-state index in [2.05, 4.69) is 55.9 Å². The van der Waals surface area contributed by atoms with Crippen molar-refractivity contribution in [3.63, 3.8) is 0 Å². The summed E-state index contributed by atoms with van der Waals surface area (Å²) >= 11 is 0. The second kappa shape index (κ2) is 6.85. The van der Waals surface area contributed by atoms with Crippen molar-refractivity contribution in [1.82, 2.24) is 15.4 Å². The van der Waals surface area contributed by atoms with Crippen molar-refractivity contribution in [2.75, 3.05) is 54.3 Å². The van der Waals surface area contributed by atoms with Gasteiger partial charge in [0.15, 0.2) is 5.84 Å². The molecule has 1 aromatic heterocycles. The van der Waals surface area contributed by atoms with Gasteiger partial charge in [0.2, 0.25) is 5.95 Å². The molecule has 0 aliphatic carbocycles. The molecule has 31 heavy (non-hydrogen) atoms. The molecule has 0 saturated carbocycles. The van der Waals surface area contributed by atoms with E-state index in [-0.39, 0.29) is 5.95 Å². The van der Waals surface area contributed by atoms with Crippen molar-refractivity contribution < 1.29 is 4.74 Å². The van der Waals surface area contributed by atoms with Crippen molar-refractivity contribution in [3.05, 3.63) is 48.0 Å². The van der Waals surface area contributed by atoms with E-state index in [9.17, 15) is 0 Å². The number of nitrogen functional groups attached to an aromatic ring is 1. The monoisotopic (exact) mass is 414 g/mol. The summed E-state index contributed by atoms with van der Waals surface area (Å²) in [6.07, 6.45) is 0. The van der Waals surface area contributed by atoms with E-state index >= 15 is 0 Å². The predicted molar refractivity (Wildman–Crippen MR) is 122 cm³/mol. The molecule has 0 spiro atoms. The number of nitrogens with one attached hydrogen (secondary N) is 2. The summed E-state index contributed by atoms with van der Waals surface area (Å²) in [4.78, 5) is 18.2. The lowest BCUT2D eigenvalue weighted by molar-refractivity contribution is 0.122. The fraction of sp³-hybridized carbons (Fsp3) is 0.227. The highest BCUT2D eigenvalue weighted by Gasteiger charge is 2.28. The van der Waals surface area contributed by atoms with E-state index in [1.54, 1.807) is 0 Å². The highest BCUT2D eigenvalue weighted by Crippen LogP contribution is 2.44. The summed E-state index contributed by atoms with van der Waals surface area (Å²) in [5, 5.41) is 0. The SMILES string of the molecule is CN1c2ccccc2N=C2NNc3cc(-c4cc(N5CCOCC5)nc(N)n4)cc1c32. The van der Waals surface area contributed by atoms with Crippen LogP contribution in [0.15, 0.2) is 47.5 Å². The zero-order chi connectivity index (χ0) is 20.9. The van der Waals surface area contributed by atoms with Crippen LogP contribution in [0, 0.1) is 0 Å². The van der Waals surface area contributed by atoms with Crippen molar-refractivity contribution >= 4 is 40.4 Å². The molecule has 1 fully saturated rings. The van der Waals surface area contributed by atoms with Crippen LogP contribution in [-0.4, -0.2) is 49.2 Å². The Morgan fingerprint density at radius 2 is 1.84 bits per heavy atom. The van der Waals surface area contributed by atoms with Gasteiger partial charge in [0, 0.05) is 31.8 Å². The van der Waals surface area contributed by atoms with Crippen LogP contribution in [0.1, 0.15) is 5.56 Å². The first-order valence-electron chi connectivity index (χ1n) is 10.3. The Bertz CT molecular complexity index is 1220. The van der Waals surface area contributed by atoms with Gasteiger partial charge in [-0.05, 0) is 24.3 Å². The molecule has 4 heterocycles. The van der Waals surface area contributed by atoms with E-state index in [0.29, 0.717) is 13.2 Å². The van der Waals surface area contributed by atoms with Crippen LogP contribution >= 0.6 is 0 Å². The molecule has 0 amide bonds. The smallest absolute Gasteiger partial charge is 0.222 e. The number of anilines is 5. The Hall–Kier alpha value is -3.85. The standard InChI is InChI=1S/C22H22N8O/c1-29-17-5-3-2-4-14(17)24-21-20-16(27-28-21)10-13(11-18(20)29)15-12-19(26-22(23)25-15)30-6-8-31-9-7-30/h2-5,10-12H,6-9H2,1H3,(H2,23,25,26)(H2,24,27,28). The predicted octanol–water partition coefficient (Wildman–Crippen LogP) is 2.65. The fourth-order valence-electron chi connectivity index (χ4n) is 4.31. The van der Waals surface area contributed by atoms with Crippen molar-refractivity contribution in [2.45, 2.75) is 0 Å². The molecule has 3 aliphatic heterocycles. The fourth-order valence-corrected chi connectivity index (χ4v) is 4.31. The second-order valence-electron chi connectivity index (χ2n) is 7.75. The number of benzene rings is 2. The largest absolute Gasteiger partial charge is 0.378 e. The number of amidine groups is 1. The maximum Gasteiger partial charge on any atom is 0.222 e. The molecule has 6 rings (SSSR count). The molecule has 0 bridgehead atoms. The van der Waals surface area contributed by atoms with Gasteiger partial charge in [-0.3, -0.25) is 10.9 Å². The van der Waals surface area contributed by atoms with Crippen molar-refractivity contribution in [2.24, 2.45) is 4.99 Å². The second-order valence-corrected chi connectivity index (χ2v) is 7.75. The van der Waals surface area contributed by atoms with Crippen LogP contribution in [-0.2, 0) is 4.74 Å². The topological polar surface area (TPSA) is 104 Å². The van der Waals surface area contributed by atoms with Crippen molar-refractivity contribution in [3.8, 4) is 11.3 Å². The number of aliphatic imine (C=N–C) groups is 1. The zero-order valence-corrected chi connectivity index (χ0v) is 17.1. The van der Waals surface area contributed by atoms with E-state index in [1.165, 1.54) is 0 Å². The molecule has 4 N–H and O–H groups in total. The summed E-state index contributed by atoms with van der Waals surface area (Å²) in [5.41, 5.74) is 19.3. The molecule has 9 heteroatoms. The summed E-state index contributed by atoms with van der Waals surface area (Å²) in [7, 11) is 2.06. The number of morpholine rings is 1. The third-order valence-electron chi connectivity index (χ3n) is 5.87. The number of hydrogen-bond acceptors (Lipinski definition) is 9. The third kappa shape index (κ3) is 2.93. The number of para-hydroxylation sites is 2. The molecule has 9 nitrogen and oxygen atoms in total. The number of aromatic nitrogens is 2. The number of fused-ring (bicyclic) bond motifs is 1. The number of hydrazine groups is 1. The molecular weight excluding hydrogens is 392 g/mol. The molecule has 3 aromatic rings. The van der Waals surface area contributed by atoms with Crippen LogP contribution in [0.4, 0.5) is 34.5 Å². The first-order chi connectivity index (χ1) is 15.2. The van der Waals surface area contributed by atoms with Gasteiger partial charge in [0.1, 0.15) is 5.82 Å². The van der Waals surface area contributed by atoms with Gasteiger partial charge >= 0.3 is 0 Å². The molecule has 3 aliphatic rings. The van der Waals surface area contributed by atoms with Crippen LogP contribution in [0.5, 0.6) is 0 Å². The highest BCUT2D eigenvalue weighted by atomic mass is 16.5. The number of rotatable bonds is 2. The average molecular weight is 414 g/mol. The maximum absolute atomic E-state index is 6.10. The van der Waals surface area contributed by atoms with Gasteiger partial charge in [-0.15, -0.1) is 0 Å². The minimum Gasteiger partial charge on any atom is -0.378 e. The quantitative estimate of drug-likeness (QED) is 0.588. The van der Waals surface area contributed by atoms with Gasteiger partial charge in [-0.1, -0.05) is 12.1 Å². The van der Waals surface area contributed by atoms with Crippen LogP contribution in [0.25, 0.3) is 11.3 Å². The number of nitrogens with two attached hydrogens (primary N) is 1. The number of hydrogen-bond donors (Lipinski definition) is 3. The Morgan fingerprint density at radius 3 is 2.71 bits per heavy atom. The molecule has 1 saturated heterocycles. The lowest BCUT2D eigenvalue weighted by atomic mass is 10.0. The van der Waals surface area contributed by atoms with Gasteiger partial charge in [0.25, 0.3) is 0 Å². The minimum absolute atomic E-state index is 0.261. The summed E-state index contributed by atoms with van der Waals surface area (Å²) < 4.78 is 5.47. The summed E-state index contributed by atoms with van der Waals surface area (Å²) in [6.45, 7) is 2.95. The molecule has 0 atom stereocenters. The Kier molecular flexibility index (Phi) is 3.97. The lowest BCUT2D eigenvalue weighted by Gasteiger charge is -2.28. The molecule has 156 valence electrons. The van der Waals surface area contributed by atoms with Gasteiger partial charge in [-0.2, -0.15) is 4.98 Å². The Balaban J connectivity index is 1.49. The van der Waals surface area contributed by atoms with Crippen LogP contribution < -0.4 is 26.4 Å². The maximum atomic E-state index is 6.10. The van der Waals surface area contributed by atoms with E-state index in [1.807, 2.05) is 24.3 Å². The molecular formula is C22H22N8O. The zero-order valence-electron chi connectivity index (χ0n) is 17.1. The molecule has 0 radical (unpaired) electrons.